The Morgan fingerprint density at radius 2 is 1.61 bits per heavy atom. The normalized spacial score (nSPS) is 10.4. The fourth-order valence-corrected chi connectivity index (χ4v) is 1.99. The van der Waals surface area contributed by atoms with Crippen molar-refractivity contribution in [3.8, 4) is 0 Å². The summed E-state index contributed by atoms with van der Waals surface area (Å²) in [5, 5.41) is 0.493. The molecule has 1 nitrogen and oxygen atoms in total. The quantitative estimate of drug-likeness (QED) is 0.743. The van der Waals surface area contributed by atoms with Crippen molar-refractivity contribution >= 4 is 29.0 Å². The number of carbonyl (C=O) groups excluding carboxylic acids is 1. The molecule has 0 saturated heterocycles. The van der Waals surface area contributed by atoms with E-state index < -0.39 is 17.4 Å². The van der Waals surface area contributed by atoms with Crippen LogP contribution in [0.3, 0.4) is 0 Å². The maximum atomic E-state index is 13.5. The molecule has 0 atom stereocenters. The van der Waals surface area contributed by atoms with Crippen LogP contribution in [0.2, 0.25) is 10.0 Å². The number of rotatable bonds is 2. The molecule has 0 heterocycles. The Kier molecular flexibility index (Phi) is 3.64. The van der Waals surface area contributed by atoms with Gasteiger partial charge in [-0.2, -0.15) is 0 Å². The molecule has 0 amide bonds. The third-order valence-corrected chi connectivity index (χ3v) is 2.90. The molecular formula is C13H6Cl2F2O. The second kappa shape index (κ2) is 5.04. The molecule has 92 valence electrons. The van der Waals surface area contributed by atoms with Gasteiger partial charge in [0, 0.05) is 16.7 Å². The molecule has 2 aromatic carbocycles. The van der Waals surface area contributed by atoms with Crippen LogP contribution in [0.4, 0.5) is 8.78 Å². The molecule has 0 spiro atoms. The first-order valence-corrected chi connectivity index (χ1v) is 5.69. The van der Waals surface area contributed by atoms with Crippen LogP contribution in [0.5, 0.6) is 0 Å². The van der Waals surface area contributed by atoms with Gasteiger partial charge in [0.2, 0.25) is 0 Å². The lowest BCUT2D eigenvalue weighted by Gasteiger charge is -2.05. The predicted molar refractivity (Wildman–Crippen MR) is 66.3 cm³/mol. The molecule has 0 fully saturated rings. The molecule has 0 aromatic heterocycles. The van der Waals surface area contributed by atoms with Gasteiger partial charge in [0.05, 0.1) is 10.6 Å². The predicted octanol–water partition coefficient (Wildman–Crippen LogP) is 4.50. The van der Waals surface area contributed by atoms with Crippen LogP contribution >= 0.6 is 23.2 Å². The fraction of sp³-hybridized carbons (Fsp3) is 0. The first kappa shape index (κ1) is 13.0. The van der Waals surface area contributed by atoms with E-state index in [1.807, 2.05) is 0 Å². The smallest absolute Gasteiger partial charge is 0.197 e. The molecule has 0 aliphatic rings. The molecule has 0 saturated carbocycles. The van der Waals surface area contributed by atoms with Crippen LogP contribution in [0.15, 0.2) is 36.4 Å². The van der Waals surface area contributed by atoms with Gasteiger partial charge in [-0.15, -0.1) is 0 Å². The highest BCUT2D eigenvalue weighted by Gasteiger charge is 2.17. The molecule has 0 radical (unpaired) electrons. The van der Waals surface area contributed by atoms with Crippen molar-refractivity contribution in [2.45, 2.75) is 0 Å². The van der Waals surface area contributed by atoms with Crippen molar-refractivity contribution in [3.05, 3.63) is 69.2 Å². The molecule has 5 heteroatoms. The van der Waals surface area contributed by atoms with E-state index in [-0.39, 0.29) is 16.1 Å². The molecule has 0 aliphatic heterocycles. The van der Waals surface area contributed by atoms with Gasteiger partial charge in [0.1, 0.15) is 11.6 Å². The number of benzene rings is 2. The number of hydrogen-bond acceptors (Lipinski definition) is 1. The molecular weight excluding hydrogens is 281 g/mol. The van der Waals surface area contributed by atoms with Crippen molar-refractivity contribution in [2.24, 2.45) is 0 Å². The zero-order chi connectivity index (χ0) is 13.3. The van der Waals surface area contributed by atoms with Gasteiger partial charge in [0.25, 0.3) is 0 Å². The molecule has 0 unspecified atom stereocenters. The van der Waals surface area contributed by atoms with Crippen LogP contribution in [0.25, 0.3) is 0 Å². The Balaban J connectivity index is 2.48. The number of carbonyl (C=O) groups is 1. The Morgan fingerprint density at radius 3 is 2.22 bits per heavy atom. The summed E-state index contributed by atoms with van der Waals surface area (Å²) in [6.45, 7) is 0. The fourth-order valence-electron chi connectivity index (χ4n) is 1.49. The van der Waals surface area contributed by atoms with Gasteiger partial charge >= 0.3 is 0 Å². The average Bonchev–Trinajstić information content (AvgIpc) is 2.28. The summed E-state index contributed by atoms with van der Waals surface area (Å²) in [7, 11) is 0. The second-order valence-corrected chi connectivity index (χ2v) is 4.42. The lowest BCUT2D eigenvalue weighted by molar-refractivity contribution is 0.103. The lowest BCUT2D eigenvalue weighted by Crippen LogP contribution is -2.05. The SMILES string of the molecule is O=C(c1ccc(F)cc1F)c1ccc(Cl)cc1Cl. The minimum absolute atomic E-state index is 0.117. The monoisotopic (exact) mass is 286 g/mol. The largest absolute Gasteiger partial charge is 0.288 e. The van der Waals surface area contributed by atoms with Gasteiger partial charge in [-0.1, -0.05) is 23.2 Å². The van der Waals surface area contributed by atoms with E-state index in [0.29, 0.717) is 11.1 Å². The Hall–Kier alpha value is -1.45. The molecule has 0 aliphatic carbocycles. The minimum atomic E-state index is -0.925. The first-order chi connectivity index (χ1) is 8.49. The van der Waals surface area contributed by atoms with Gasteiger partial charge in [-0.05, 0) is 30.3 Å². The van der Waals surface area contributed by atoms with Crippen molar-refractivity contribution in [2.75, 3.05) is 0 Å². The highest BCUT2D eigenvalue weighted by atomic mass is 35.5. The van der Waals surface area contributed by atoms with E-state index in [1.54, 1.807) is 0 Å². The van der Waals surface area contributed by atoms with E-state index in [2.05, 4.69) is 0 Å². The summed E-state index contributed by atoms with van der Waals surface area (Å²) in [5.41, 5.74) is -0.118. The summed E-state index contributed by atoms with van der Waals surface area (Å²) in [6, 6.07) is 7.00. The molecule has 18 heavy (non-hydrogen) atoms. The highest BCUT2D eigenvalue weighted by Crippen LogP contribution is 2.24. The zero-order valence-electron chi connectivity index (χ0n) is 8.88. The number of ketones is 1. The van der Waals surface area contributed by atoms with E-state index in [1.165, 1.54) is 18.2 Å². The van der Waals surface area contributed by atoms with Crippen LogP contribution in [-0.4, -0.2) is 5.78 Å². The maximum absolute atomic E-state index is 13.5. The van der Waals surface area contributed by atoms with Crippen LogP contribution < -0.4 is 0 Å². The summed E-state index contributed by atoms with van der Waals surface area (Å²) < 4.78 is 26.2. The molecule has 2 aromatic rings. The van der Waals surface area contributed by atoms with E-state index in [9.17, 15) is 13.6 Å². The molecule has 2 rings (SSSR count). The van der Waals surface area contributed by atoms with Gasteiger partial charge in [-0.25, -0.2) is 8.78 Å². The van der Waals surface area contributed by atoms with Crippen molar-refractivity contribution in [1.29, 1.82) is 0 Å². The van der Waals surface area contributed by atoms with Gasteiger partial charge < -0.3 is 0 Å². The highest BCUT2D eigenvalue weighted by molar-refractivity contribution is 6.37. The average molecular weight is 287 g/mol. The molecule has 0 N–H and O–H groups in total. The summed E-state index contributed by atoms with van der Waals surface area (Å²) >= 11 is 11.6. The Morgan fingerprint density at radius 1 is 0.944 bits per heavy atom. The third kappa shape index (κ3) is 2.52. The van der Waals surface area contributed by atoms with E-state index in [4.69, 9.17) is 23.2 Å². The summed E-state index contributed by atoms with van der Waals surface area (Å²) in [5.74, 6) is -2.29. The standard InChI is InChI=1S/C13H6Cl2F2O/c14-7-1-3-9(11(15)5-7)13(18)10-4-2-8(16)6-12(10)17/h1-6H. The summed E-state index contributed by atoms with van der Waals surface area (Å²) in [4.78, 5) is 12.0. The minimum Gasteiger partial charge on any atom is -0.288 e. The van der Waals surface area contributed by atoms with E-state index >= 15 is 0 Å². The number of hydrogen-bond donors (Lipinski definition) is 0. The second-order valence-electron chi connectivity index (χ2n) is 3.58. The Bertz CT molecular complexity index is 573. The van der Waals surface area contributed by atoms with Gasteiger partial charge in [0.15, 0.2) is 5.78 Å². The van der Waals surface area contributed by atoms with Crippen molar-refractivity contribution < 1.29 is 13.6 Å². The topological polar surface area (TPSA) is 17.1 Å². The Labute approximate surface area is 112 Å². The summed E-state index contributed by atoms with van der Waals surface area (Å²) in [6.07, 6.45) is 0. The van der Waals surface area contributed by atoms with Crippen molar-refractivity contribution in [1.82, 2.24) is 0 Å². The maximum Gasteiger partial charge on any atom is 0.197 e. The lowest BCUT2D eigenvalue weighted by atomic mass is 10.0. The van der Waals surface area contributed by atoms with Crippen LogP contribution in [0.1, 0.15) is 15.9 Å². The first-order valence-electron chi connectivity index (χ1n) is 4.94. The zero-order valence-corrected chi connectivity index (χ0v) is 10.4. The third-order valence-electron chi connectivity index (χ3n) is 2.35. The van der Waals surface area contributed by atoms with Crippen LogP contribution in [0, 0.1) is 11.6 Å². The van der Waals surface area contributed by atoms with E-state index in [0.717, 1.165) is 12.1 Å². The van der Waals surface area contributed by atoms with Crippen LogP contribution in [-0.2, 0) is 0 Å². The van der Waals surface area contributed by atoms with Crippen molar-refractivity contribution in [3.63, 3.8) is 0 Å². The molecule has 0 bridgehead atoms. The number of halogens is 4. The van der Waals surface area contributed by atoms with Gasteiger partial charge in [-0.3, -0.25) is 4.79 Å².